The zero-order valence-electron chi connectivity index (χ0n) is 9.58. The summed E-state index contributed by atoms with van der Waals surface area (Å²) in [6.07, 6.45) is 1.57. The van der Waals surface area contributed by atoms with E-state index in [1.165, 1.54) is 4.90 Å². The van der Waals surface area contributed by atoms with Crippen LogP contribution in [0.25, 0.3) is 0 Å². The molecule has 1 atom stereocenters. The van der Waals surface area contributed by atoms with Gasteiger partial charge in [-0.2, -0.15) is 0 Å². The standard InChI is InChI=1S/C10H22N2O2/c1-5-6-8(11)9(14)12(4)10(2,3)7-13/h8,13H,5-7,11H2,1-4H3/t8-/m1/s1. The molecule has 0 saturated carbocycles. The molecule has 0 spiro atoms. The van der Waals surface area contributed by atoms with Crippen LogP contribution in [0.2, 0.25) is 0 Å². The van der Waals surface area contributed by atoms with E-state index in [1.807, 2.05) is 20.8 Å². The summed E-state index contributed by atoms with van der Waals surface area (Å²) in [5, 5.41) is 9.09. The van der Waals surface area contributed by atoms with Gasteiger partial charge in [0.15, 0.2) is 0 Å². The van der Waals surface area contributed by atoms with Crippen LogP contribution >= 0.6 is 0 Å². The number of rotatable bonds is 5. The zero-order chi connectivity index (χ0) is 11.4. The van der Waals surface area contributed by atoms with Gasteiger partial charge >= 0.3 is 0 Å². The number of nitrogens with two attached hydrogens (primary N) is 1. The van der Waals surface area contributed by atoms with Crippen molar-refractivity contribution in [2.24, 2.45) is 5.73 Å². The topological polar surface area (TPSA) is 66.6 Å². The summed E-state index contributed by atoms with van der Waals surface area (Å²) in [5.74, 6) is -0.106. The van der Waals surface area contributed by atoms with Crippen molar-refractivity contribution < 1.29 is 9.90 Å². The number of aliphatic hydroxyl groups excluding tert-OH is 1. The Morgan fingerprint density at radius 2 is 2.07 bits per heavy atom. The largest absolute Gasteiger partial charge is 0.394 e. The zero-order valence-corrected chi connectivity index (χ0v) is 9.58. The third-order valence-electron chi connectivity index (χ3n) is 2.54. The Morgan fingerprint density at radius 3 is 2.43 bits per heavy atom. The van der Waals surface area contributed by atoms with Gasteiger partial charge in [0, 0.05) is 7.05 Å². The smallest absolute Gasteiger partial charge is 0.239 e. The first-order valence-corrected chi connectivity index (χ1v) is 5.01. The van der Waals surface area contributed by atoms with Crippen LogP contribution in [0.1, 0.15) is 33.6 Å². The number of amides is 1. The monoisotopic (exact) mass is 202 g/mol. The van der Waals surface area contributed by atoms with Gasteiger partial charge in [-0.1, -0.05) is 13.3 Å². The lowest BCUT2D eigenvalue weighted by atomic mass is 10.0. The molecule has 4 nitrogen and oxygen atoms in total. The van der Waals surface area contributed by atoms with E-state index in [4.69, 9.17) is 10.8 Å². The summed E-state index contributed by atoms with van der Waals surface area (Å²) < 4.78 is 0. The Labute approximate surface area is 86.1 Å². The molecule has 0 aromatic carbocycles. The highest BCUT2D eigenvalue weighted by atomic mass is 16.3. The minimum atomic E-state index is -0.539. The molecule has 1 amide bonds. The first-order valence-electron chi connectivity index (χ1n) is 5.01. The van der Waals surface area contributed by atoms with E-state index >= 15 is 0 Å². The molecule has 0 aliphatic carbocycles. The highest BCUT2D eigenvalue weighted by molar-refractivity contribution is 5.82. The van der Waals surface area contributed by atoms with E-state index in [1.54, 1.807) is 7.05 Å². The predicted molar refractivity (Wildman–Crippen MR) is 56.8 cm³/mol. The van der Waals surface area contributed by atoms with Gasteiger partial charge in [-0.05, 0) is 20.3 Å². The van der Waals surface area contributed by atoms with E-state index in [2.05, 4.69) is 0 Å². The Bertz CT molecular complexity index is 193. The molecule has 0 bridgehead atoms. The van der Waals surface area contributed by atoms with E-state index in [0.717, 1.165) is 6.42 Å². The Morgan fingerprint density at radius 1 is 1.57 bits per heavy atom. The van der Waals surface area contributed by atoms with E-state index in [0.29, 0.717) is 6.42 Å². The molecule has 0 fully saturated rings. The molecule has 0 radical (unpaired) electrons. The molecule has 0 aliphatic rings. The fourth-order valence-electron chi connectivity index (χ4n) is 1.09. The van der Waals surface area contributed by atoms with E-state index in [-0.39, 0.29) is 12.5 Å². The lowest BCUT2D eigenvalue weighted by molar-refractivity contribution is -0.137. The number of carbonyl (C=O) groups is 1. The molecular formula is C10H22N2O2. The first kappa shape index (κ1) is 13.4. The van der Waals surface area contributed by atoms with Crippen molar-refractivity contribution in [1.82, 2.24) is 4.90 Å². The van der Waals surface area contributed by atoms with Gasteiger partial charge in [-0.3, -0.25) is 4.79 Å². The highest BCUT2D eigenvalue weighted by Gasteiger charge is 2.29. The lowest BCUT2D eigenvalue weighted by Crippen LogP contribution is -2.53. The maximum Gasteiger partial charge on any atom is 0.239 e. The number of nitrogens with zero attached hydrogens (tertiary/aromatic N) is 1. The van der Waals surface area contributed by atoms with Crippen molar-refractivity contribution in [2.75, 3.05) is 13.7 Å². The van der Waals surface area contributed by atoms with Gasteiger partial charge in [0.1, 0.15) is 0 Å². The number of carbonyl (C=O) groups excluding carboxylic acids is 1. The number of hydrogen-bond acceptors (Lipinski definition) is 3. The summed E-state index contributed by atoms with van der Waals surface area (Å²) in [7, 11) is 1.67. The van der Waals surface area contributed by atoms with Crippen molar-refractivity contribution in [3.05, 3.63) is 0 Å². The van der Waals surface area contributed by atoms with Crippen LogP contribution < -0.4 is 5.73 Å². The lowest BCUT2D eigenvalue weighted by Gasteiger charge is -2.35. The third kappa shape index (κ3) is 3.27. The summed E-state index contributed by atoms with van der Waals surface area (Å²) in [5.41, 5.74) is 5.17. The first-order chi connectivity index (χ1) is 6.36. The van der Waals surface area contributed by atoms with Crippen molar-refractivity contribution in [3.63, 3.8) is 0 Å². The molecule has 0 aromatic rings. The molecule has 0 aliphatic heterocycles. The maximum absolute atomic E-state index is 11.7. The van der Waals surface area contributed by atoms with Gasteiger partial charge < -0.3 is 15.7 Å². The molecule has 0 aromatic heterocycles. The van der Waals surface area contributed by atoms with E-state index < -0.39 is 11.6 Å². The molecule has 14 heavy (non-hydrogen) atoms. The second-order valence-corrected chi connectivity index (χ2v) is 4.26. The van der Waals surface area contributed by atoms with Gasteiger partial charge in [0.05, 0.1) is 18.2 Å². The fraction of sp³-hybridized carbons (Fsp3) is 0.900. The normalized spacial score (nSPS) is 13.9. The minimum absolute atomic E-state index is 0.0614. The second kappa shape index (κ2) is 5.32. The van der Waals surface area contributed by atoms with Crippen molar-refractivity contribution in [1.29, 1.82) is 0 Å². The Kier molecular flexibility index (Phi) is 5.08. The molecule has 84 valence electrons. The molecule has 0 rings (SSSR count). The highest BCUT2D eigenvalue weighted by Crippen LogP contribution is 2.13. The third-order valence-corrected chi connectivity index (χ3v) is 2.54. The Hall–Kier alpha value is -0.610. The van der Waals surface area contributed by atoms with Crippen LogP contribution in [0.5, 0.6) is 0 Å². The van der Waals surface area contributed by atoms with Gasteiger partial charge in [-0.15, -0.1) is 0 Å². The quantitative estimate of drug-likeness (QED) is 0.675. The average Bonchev–Trinajstić information content (AvgIpc) is 2.15. The fourth-order valence-corrected chi connectivity index (χ4v) is 1.09. The van der Waals surface area contributed by atoms with Crippen LogP contribution in [0.15, 0.2) is 0 Å². The summed E-state index contributed by atoms with van der Waals surface area (Å²) in [4.78, 5) is 13.2. The molecule has 4 heteroatoms. The van der Waals surface area contributed by atoms with E-state index in [9.17, 15) is 4.79 Å². The van der Waals surface area contributed by atoms with Gasteiger partial charge in [0.2, 0.25) is 5.91 Å². The molecule has 0 unspecified atom stereocenters. The molecule has 0 heterocycles. The maximum atomic E-state index is 11.7. The SMILES string of the molecule is CCC[C@@H](N)C(=O)N(C)C(C)(C)CO. The van der Waals surface area contributed by atoms with Crippen LogP contribution in [0.3, 0.4) is 0 Å². The summed E-state index contributed by atoms with van der Waals surface area (Å²) >= 11 is 0. The van der Waals surface area contributed by atoms with Crippen molar-refractivity contribution in [3.8, 4) is 0 Å². The summed E-state index contributed by atoms with van der Waals surface area (Å²) in [6.45, 7) is 5.55. The van der Waals surface area contributed by atoms with Gasteiger partial charge in [-0.25, -0.2) is 0 Å². The minimum Gasteiger partial charge on any atom is -0.394 e. The number of likely N-dealkylation sites (N-methyl/N-ethyl adjacent to an activating group) is 1. The predicted octanol–water partition coefficient (Wildman–Crippen LogP) is 0.343. The summed E-state index contributed by atoms with van der Waals surface area (Å²) in [6, 6.07) is -0.448. The van der Waals surface area contributed by atoms with Crippen molar-refractivity contribution in [2.45, 2.75) is 45.2 Å². The van der Waals surface area contributed by atoms with Crippen LogP contribution in [0, 0.1) is 0 Å². The molecule has 0 saturated heterocycles. The van der Waals surface area contributed by atoms with Crippen LogP contribution in [0.4, 0.5) is 0 Å². The second-order valence-electron chi connectivity index (χ2n) is 4.26. The van der Waals surface area contributed by atoms with Gasteiger partial charge in [0.25, 0.3) is 0 Å². The Balaban J connectivity index is 4.38. The number of aliphatic hydroxyl groups is 1. The van der Waals surface area contributed by atoms with Crippen molar-refractivity contribution >= 4 is 5.91 Å². The molecule has 3 N–H and O–H groups in total. The average molecular weight is 202 g/mol. The van der Waals surface area contributed by atoms with Crippen LogP contribution in [-0.2, 0) is 4.79 Å². The van der Waals surface area contributed by atoms with Crippen LogP contribution in [-0.4, -0.2) is 41.1 Å². The number of hydrogen-bond donors (Lipinski definition) is 2. The molecular weight excluding hydrogens is 180 g/mol.